The van der Waals surface area contributed by atoms with Gasteiger partial charge in [0.15, 0.2) is 0 Å². The molecule has 0 spiro atoms. The first-order valence-corrected chi connectivity index (χ1v) is 7.61. The van der Waals surface area contributed by atoms with E-state index in [1.165, 1.54) is 11.0 Å². The van der Waals surface area contributed by atoms with Crippen LogP contribution >= 0.6 is 0 Å². The minimum atomic E-state index is -0.913. The van der Waals surface area contributed by atoms with Gasteiger partial charge in [-0.3, -0.25) is 19.7 Å². The molecule has 124 valence electrons. The molecule has 1 aliphatic rings. The number of hydrogen-bond donors (Lipinski definition) is 1. The van der Waals surface area contributed by atoms with Crippen molar-refractivity contribution in [1.29, 1.82) is 0 Å². The van der Waals surface area contributed by atoms with Crippen molar-refractivity contribution in [1.82, 2.24) is 4.90 Å². The Morgan fingerprint density at radius 2 is 2.09 bits per heavy atom. The van der Waals surface area contributed by atoms with E-state index < -0.39 is 16.8 Å². The van der Waals surface area contributed by atoms with Crippen LogP contribution in [0, 0.1) is 16.0 Å². The SMILES string of the molecule is CC(C)c1ccc(C(=O)N2CCCC(C(=O)O)C2)cc1[N+](=O)[O-]. The van der Waals surface area contributed by atoms with Gasteiger partial charge in [-0.2, -0.15) is 0 Å². The topological polar surface area (TPSA) is 101 Å². The van der Waals surface area contributed by atoms with Crippen molar-refractivity contribution in [3.63, 3.8) is 0 Å². The number of carboxylic acids is 1. The molecule has 1 amide bonds. The molecule has 1 heterocycles. The third-order valence-electron chi connectivity index (χ3n) is 4.15. The van der Waals surface area contributed by atoms with Gasteiger partial charge < -0.3 is 10.0 Å². The first-order chi connectivity index (χ1) is 10.8. The van der Waals surface area contributed by atoms with Gasteiger partial charge in [0.05, 0.1) is 10.8 Å². The first-order valence-electron chi connectivity index (χ1n) is 7.61. The van der Waals surface area contributed by atoms with Crippen molar-refractivity contribution >= 4 is 17.6 Å². The van der Waals surface area contributed by atoms with Crippen LogP contribution < -0.4 is 0 Å². The predicted molar refractivity (Wildman–Crippen MR) is 83.4 cm³/mol. The third kappa shape index (κ3) is 3.67. The summed E-state index contributed by atoms with van der Waals surface area (Å²) < 4.78 is 0. The third-order valence-corrected chi connectivity index (χ3v) is 4.15. The molecule has 1 fully saturated rings. The highest BCUT2D eigenvalue weighted by Crippen LogP contribution is 2.28. The lowest BCUT2D eigenvalue weighted by atomic mass is 9.96. The lowest BCUT2D eigenvalue weighted by Crippen LogP contribution is -2.42. The Labute approximate surface area is 134 Å². The van der Waals surface area contributed by atoms with Crippen LogP contribution in [0.15, 0.2) is 18.2 Å². The molecule has 0 radical (unpaired) electrons. The highest BCUT2D eigenvalue weighted by molar-refractivity contribution is 5.95. The molecule has 0 bridgehead atoms. The number of carbonyl (C=O) groups excluding carboxylic acids is 1. The summed E-state index contributed by atoms with van der Waals surface area (Å²) >= 11 is 0. The molecule has 1 saturated heterocycles. The van der Waals surface area contributed by atoms with E-state index in [0.717, 1.165) is 0 Å². The van der Waals surface area contributed by atoms with Crippen LogP contribution in [0.4, 0.5) is 5.69 Å². The number of hydrogen-bond acceptors (Lipinski definition) is 4. The summed E-state index contributed by atoms with van der Waals surface area (Å²) in [7, 11) is 0. The largest absolute Gasteiger partial charge is 0.481 e. The molecule has 1 unspecified atom stereocenters. The molecule has 2 rings (SSSR count). The van der Waals surface area contributed by atoms with Gasteiger partial charge in [0.2, 0.25) is 0 Å². The fourth-order valence-electron chi connectivity index (χ4n) is 2.87. The predicted octanol–water partition coefficient (Wildman–Crippen LogP) is 2.66. The number of nitrogens with zero attached hydrogens (tertiary/aromatic N) is 2. The molecular formula is C16H20N2O5. The van der Waals surface area contributed by atoms with Crippen molar-refractivity contribution in [3.05, 3.63) is 39.4 Å². The van der Waals surface area contributed by atoms with E-state index in [-0.39, 0.29) is 29.6 Å². The van der Waals surface area contributed by atoms with Crippen molar-refractivity contribution in [2.75, 3.05) is 13.1 Å². The summed E-state index contributed by atoms with van der Waals surface area (Å²) in [6.07, 6.45) is 1.17. The molecule has 7 nitrogen and oxygen atoms in total. The molecule has 1 aromatic carbocycles. The number of rotatable bonds is 4. The van der Waals surface area contributed by atoms with Crippen molar-refractivity contribution in [3.8, 4) is 0 Å². The van der Waals surface area contributed by atoms with E-state index in [2.05, 4.69) is 0 Å². The number of nitro benzene ring substituents is 1. The van der Waals surface area contributed by atoms with Crippen LogP contribution in [0.2, 0.25) is 0 Å². The van der Waals surface area contributed by atoms with E-state index in [9.17, 15) is 19.7 Å². The molecule has 7 heteroatoms. The van der Waals surface area contributed by atoms with Gasteiger partial charge in [-0.15, -0.1) is 0 Å². The second-order valence-corrected chi connectivity index (χ2v) is 6.11. The average Bonchev–Trinajstić information content (AvgIpc) is 2.53. The Bertz CT molecular complexity index is 641. The molecule has 0 aliphatic carbocycles. The molecule has 0 saturated carbocycles. The fourth-order valence-corrected chi connectivity index (χ4v) is 2.87. The van der Waals surface area contributed by atoms with Crippen LogP contribution in [0.5, 0.6) is 0 Å². The lowest BCUT2D eigenvalue weighted by molar-refractivity contribution is -0.385. The Morgan fingerprint density at radius 1 is 1.39 bits per heavy atom. The van der Waals surface area contributed by atoms with Crippen LogP contribution in [0.25, 0.3) is 0 Å². The molecule has 1 N–H and O–H groups in total. The standard InChI is InChI=1S/C16H20N2O5/c1-10(2)13-6-5-11(8-14(13)18(22)23)15(19)17-7-3-4-12(9-17)16(20)21/h5-6,8,10,12H,3-4,7,9H2,1-2H3,(H,20,21). The number of benzene rings is 1. The van der Waals surface area contributed by atoms with Gasteiger partial charge in [-0.25, -0.2) is 0 Å². The highest BCUT2D eigenvalue weighted by atomic mass is 16.6. The second-order valence-electron chi connectivity index (χ2n) is 6.11. The van der Waals surface area contributed by atoms with E-state index in [4.69, 9.17) is 5.11 Å². The van der Waals surface area contributed by atoms with E-state index in [1.54, 1.807) is 12.1 Å². The number of carbonyl (C=O) groups is 2. The zero-order valence-corrected chi connectivity index (χ0v) is 13.2. The maximum absolute atomic E-state index is 12.5. The lowest BCUT2D eigenvalue weighted by Gasteiger charge is -2.30. The minimum Gasteiger partial charge on any atom is -0.481 e. The molecule has 0 aromatic heterocycles. The maximum atomic E-state index is 12.5. The molecule has 1 atom stereocenters. The summed E-state index contributed by atoms with van der Waals surface area (Å²) in [6.45, 7) is 4.33. The first kappa shape index (κ1) is 16.9. The molecule has 1 aromatic rings. The fraction of sp³-hybridized carbons (Fsp3) is 0.500. The molecule has 23 heavy (non-hydrogen) atoms. The number of amides is 1. The van der Waals surface area contributed by atoms with Crippen LogP contribution in [-0.4, -0.2) is 39.9 Å². The van der Waals surface area contributed by atoms with Crippen molar-refractivity contribution < 1.29 is 19.6 Å². The number of nitro groups is 1. The Morgan fingerprint density at radius 3 is 2.65 bits per heavy atom. The Hall–Kier alpha value is -2.44. The van der Waals surface area contributed by atoms with Gasteiger partial charge in [0.25, 0.3) is 11.6 Å². The van der Waals surface area contributed by atoms with Gasteiger partial charge in [-0.05, 0) is 24.8 Å². The normalized spacial score (nSPS) is 18.0. The van der Waals surface area contributed by atoms with Crippen molar-refractivity contribution in [2.24, 2.45) is 5.92 Å². The zero-order valence-electron chi connectivity index (χ0n) is 13.2. The van der Waals surface area contributed by atoms with E-state index in [1.807, 2.05) is 13.8 Å². The molecular weight excluding hydrogens is 300 g/mol. The quantitative estimate of drug-likeness (QED) is 0.679. The van der Waals surface area contributed by atoms with E-state index in [0.29, 0.717) is 24.9 Å². The maximum Gasteiger partial charge on any atom is 0.308 e. The number of carboxylic acid groups (broad SMARTS) is 1. The number of piperidine rings is 1. The second kappa shape index (κ2) is 6.76. The summed E-state index contributed by atoms with van der Waals surface area (Å²) in [5.41, 5.74) is 0.735. The summed E-state index contributed by atoms with van der Waals surface area (Å²) in [5.74, 6) is -1.86. The van der Waals surface area contributed by atoms with Crippen LogP contribution in [0.1, 0.15) is 48.5 Å². The van der Waals surface area contributed by atoms with Gasteiger partial charge in [0.1, 0.15) is 0 Å². The number of likely N-dealkylation sites (tertiary alicyclic amines) is 1. The number of aliphatic carboxylic acids is 1. The monoisotopic (exact) mass is 320 g/mol. The van der Waals surface area contributed by atoms with Gasteiger partial charge in [0, 0.05) is 30.3 Å². The Balaban J connectivity index is 2.27. The average molecular weight is 320 g/mol. The van der Waals surface area contributed by atoms with E-state index >= 15 is 0 Å². The summed E-state index contributed by atoms with van der Waals surface area (Å²) in [4.78, 5) is 35.8. The zero-order chi connectivity index (χ0) is 17.1. The van der Waals surface area contributed by atoms with Gasteiger partial charge >= 0.3 is 5.97 Å². The summed E-state index contributed by atoms with van der Waals surface area (Å²) in [5, 5.41) is 20.3. The van der Waals surface area contributed by atoms with Crippen LogP contribution in [-0.2, 0) is 4.79 Å². The highest BCUT2D eigenvalue weighted by Gasteiger charge is 2.29. The minimum absolute atomic E-state index is 0.0223. The van der Waals surface area contributed by atoms with Gasteiger partial charge in [-0.1, -0.05) is 19.9 Å². The summed E-state index contributed by atoms with van der Waals surface area (Å²) in [6, 6.07) is 4.48. The van der Waals surface area contributed by atoms with Crippen LogP contribution in [0.3, 0.4) is 0 Å². The Kier molecular flexibility index (Phi) is 4.98. The molecule has 1 aliphatic heterocycles. The van der Waals surface area contributed by atoms with Crippen molar-refractivity contribution in [2.45, 2.75) is 32.6 Å². The smallest absolute Gasteiger partial charge is 0.308 e.